The summed E-state index contributed by atoms with van der Waals surface area (Å²) < 4.78 is 0. The highest BCUT2D eigenvalue weighted by atomic mass is 15.0. The summed E-state index contributed by atoms with van der Waals surface area (Å²) in [5.41, 5.74) is 0. The molecule has 0 aromatic rings. The number of rotatable bonds is 6. The molecule has 0 spiro atoms. The molecule has 0 amide bonds. The molecule has 3 aliphatic rings. The topological polar surface area (TPSA) is 24.1 Å². The largest absolute Gasteiger partial charge is 0.317 e. The first-order chi connectivity index (χ1) is 12.7. The minimum Gasteiger partial charge on any atom is -0.317 e. The molecule has 2 heterocycles. The molecule has 26 heavy (non-hydrogen) atoms. The summed E-state index contributed by atoms with van der Waals surface area (Å²) >= 11 is 0. The second kappa shape index (κ2) is 17.0. The average Bonchev–Trinajstić information content (AvgIpc) is 2.65. The number of nitrogens with one attached hydrogen (secondary N) is 2. The van der Waals surface area contributed by atoms with Crippen molar-refractivity contribution in [2.75, 3.05) is 19.6 Å². The first-order valence-corrected chi connectivity index (χ1v) is 12.1. The predicted molar refractivity (Wildman–Crippen MR) is 120 cm³/mol. The van der Waals surface area contributed by atoms with Crippen molar-refractivity contribution < 1.29 is 0 Å². The Balaban J connectivity index is 0.000000477. The highest BCUT2D eigenvalue weighted by molar-refractivity contribution is 4.79. The summed E-state index contributed by atoms with van der Waals surface area (Å²) in [6, 6.07) is 0.855. The van der Waals surface area contributed by atoms with Crippen LogP contribution < -0.4 is 10.6 Å². The van der Waals surface area contributed by atoms with E-state index < -0.39 is 0 Å². The Kier molecular flexibility index (Phi) is 17.0. The first kappa shape index (κ1) is 25.9. The van der Waals surface area contributed by atoms with Crippen molar-refractivity contribution in [2.45, 2.75) is 112 Å². The second-order valence-corrected chi connectivity index (χ2v) is 8.40. The van der Waals surface area contributed by atoms with Crippen LogP contribution in [0.2, 0.25) is 0 Å². The van der Waals surface area contributed by atoms with E-state index in [2.05, 4.69) is 31.4 Å². The fraction of sp³-hybridized carbons (Fsp3) is 1.00. The van der Waals surface area contributed by atoms with Crippen molar-refractivity contribution in [2.24, 2.45) is 23.7 Å². The highest BCUT2D eigenvalue weighted by Gasteiger charge is 2.22. The molecule has 1 aliphatic carbocycles. The standard InChI is InChI=1S/C13H26N2.C7H14.2C2H6/c1-11(10-13-6-9-15-13)2-3-12-4-7-14-8-5-12;1-3-7-4-6(2)5-7;2*1-2/h11-15H,2-10H2,1H3;6-7H,3-5H2,1-2H3;2*1-2H3. The van der Waals surface area contributed by atoms with Crippen LogP contribution in [0, 0.1) is 23.7 Å². The van der Waals surface area contributed by atoms with Gasteiger partial charge in [0.15, 0.2) is 0 Å². The van der Waals surface area contributed by atoms with Gasteiger partial charge < -0.3 is 10.6 Å². The third-order valence-corrected chi connectivity index (χ3v) is 6.19. The third kappa shape index (κ3) is 11.6. The van der Waals surface area contributed by atoms with Crippen molar-refractivity contribution in [3.63, 3.8) is 0 Å². The minimum absolute atomic E-state index is 0.855. The molecule has 3 rings (SSSR count). The molecule has 2 aliphatic heterocycles. The van der Waals surface area contributed by atoms with E-state index in [1.165, 1.54) is 77.4 Å². The summed E-state index contributed by atoms with van der Waals surface area (Å²) in [6.07, 6.45) is 13.0. The van der Waals surface area contributed by atoms with Crippen LogP contribution in [0.1, 0.15) is 106 Å². The van der Waals surface area contributed by atoms with Crippen molar-refractivity contribution in [3.8, 4) is 0 Å². The molecule has 2 heteroatoms. The van der Waals surface area contributed by atoms with Gasteiger partial charge in [0.1, 0.15) is 0 Å². The lowest BCUT2D eigenvalue weighted by atomic mass is 9.75. The molecular formula is C24H52N2. The van der Waals surface area contributed by atoms with Gasteiger partial charge in [0, 0.05) is 6.04 Å². The molecule has 158 valence electrons. The summed E-state index contributed by atoms with van der Waals surface area (Å²) in [5.74, 6) is 4.08. The molecule has 3 fully saturated rings. The molecule has 2 N–H and O–H groups in total. The third-order valence-electron chi connectivity index (χ3n) is 6.19. The molecule has 2 unspecified atom stereocenters. The lowest BCUT2D eigenvalue weighted by molar-refractivity contribution is 0.206. The predicted octanol–water partition coefficient (Wildman–Crippen LogP) is 6.65. The SMILES string of the molecule is CC.CC.CC(CCC1CCNCC1)CC1CCN1.CCC1CC(C)C1. The normalized spacial score (nSPS) is 28.5. The van der Waals surface area contributed by atoms with Crippen LogP contribution in [0.4, 0.5) is 0 Å². The van der Waals surface area contributed by atoms with Gasteiger partial charge >= 0.3 is 0 Å². The van der Waals surface area contributed by atoms with Gasteiger partial charge in [-0.15, -0.1) is 0 Å². The van der Waals surface area contributed by atoms with Crippen LogP contribution >= 0.6 is 0 Å². The second-order valence-electron chi connectivity index (χ2n) is 8.40. The first-order valence-electron chi connectivity index (χ1n) is 12.1. The van der Waals surface area contributed by atoms with Crippen molar-refractivity contribution in [3.05, 3.63) is 0 Å². The Bertz CT molecular complexity index is 276. The van der Waals surface area contributed by atoms with E-state index in [0.717, 1.165) is 29.7 Å². The van der Waals surface area contributed by atoms with Crippen molar-refractivity contribution in [1.82, 2.24) is 10.6 Å². The Labute approximate surface area is 166 Å². The van der Waals surface area contributed by atoms with E-state index in [4.69, 9.17) is 0 Å². The van der Waals surface area contributed by atoms with Crippen molar-refractivity contribution in [1.29, 1.82) is 0 Å². The number of hydrogen-bond donors (Lipinski definition) is 2. The average molecular weight is 369 g/mol. The maximum Gasteiger partial charge on any atom is 0.00816 e. The van der Waals surface area contributed by atoms with E-state index in [1.807, 2.05) is 27.7 Å². The fourth-order valence-electron chi connectivity index (χ4n) is 4.25. The maximum atomic E-state index is 3.50. The van der Waals surface area contributed by atoms with Gasteiger partial charge in [0.25, 0.3) is 0 Å². The Morgan fingerprint density at radius 3 is 1.85 bits per heavy atom. The van der Waals surface area contributed by atoms with Crippen molar-refractivity contribution >= 4 is 0 Å². The van der Waals surface area contributed by atoms with Gasteiger partial charge in [-0.25, -0.2) is 0 Å². The lowest BCUT2D eigenvalue weighted by Crippen LogP contribution is -2.43. The van der Waals surface area contributed by atoms with Gasteiger partial charge in [-0.05, 0) is 81.8 Å². The number of piperidine rings is 1. The van der Waals surface area contributed by atoms with E-state index in [0.29, 0.717) is 0 Å². The summed E-state index contributed by atoms with van der Waals surface area (Å²) in [6.45, 7) is 18.8. The molecule has 2 atom stereocenters. The molecular weight excluding hydrogens is 316 g/mol. The highest BCUT2D eigenvalue weighted by Crippen LogP contribution is 2.34. The maximum absolute atomic E-state index is 3.50. The lowest BCUT2D eigenvalue weighted by Gasteiger charge is -2.31. The quantitative estimate of drug-likeness (QED) is 0.548. The van der Waals surface area contributed by atoms with Gasteiger partial charge in [0.2, 0.25) is 0 Å². The molecule has 1 saturated carbocycles. The summed E-state index contributed by atoms with van der Waals surface area (Å²) in [4.78, 5) is 0. The molecule has 0 aromatic heterocycles. The van der Waals surface area contributed by atoms with E-state index in [9.17, 15) is 0 Å². The molecule has 2 saturated heterocycles. The van der Waals surface area contributed by atoms with Gasteiger partial charge in [-0.2, -0.15) is 0 Å². The van der Waals surface area contributed by atoms with Crippen LogP contribution in [0.25, 0.3) is 0 Å². The zero-order valence-electron chi connectivity index (χ0n) is 19.4. The molecule has 0 bridgehead atoms. The zero-order chi connectivity index (χ0) is 19.8. The van der Waals surface area contributed by atoms with E-state index >= 15 is 0 Å². The summed E-state index contributed by atoms with van der Waals surface area (Å²) in [7, 11) is 0. The van der Waals surface area contributed by atoms with Crippen LogP contribution in [0.5, 0.6) is 0 Å². The van der Waals surface area contributed by atoms with Crippen LogP contribution in [-0.2, 0) is 0 Å². The Hall–Kier alpha value is -0.0800. The molecule has 0 radical (unpaired) electrons. The minimum atomic E-state index is 0.855. The van der Waals surface area contributed by atoms with E-state index in [1.54, 1.807) is 0 Å². The van der Waals surface area contributed by atoms with Crippen LogP contribution in [0.15, 0.2) is 0 Å². The summed E-state index contributed by atoms with van der Waals surface area (Å²) in [5, 5.41) is 6.95. The smallest absolute Gasteiger partial charge is 0.00816 e. The molecule has 0 aromatic carbocycles. The van der Waals surface area contributed by atoms with Gasteiger partial charge in [-0.1, -0.05) is 67.7 Å². The number of hydrogen-bond acceptors (Lipinski definition) is 2. The Morgan fingerprint density at radius 1 is 0.885 bits per heavy atom. The fourth-order valence-corrected chi connectivity index (χ4v) is 4.25. The van der Waals surface area contributed by atoms with E-state index in [-0.39, 0.29) is 0 Å². The van der Waals surface area contributed by atoms with Gasteiger partial charge in [-0.3, -0.25) is 0 Å². The molecule has 2 nitrogen and oxygen atoms in total. The zero-order valence-corrected chi connectivity index (χ0v) is 19.4. The Morgan fingerprint density at radius 2 is 1.46 bits per heavy atom. The van der Waals surface area contributed by atoms with Crippen LogP contribution in [-0.4, -0.2) is 25.7 Å². The van der Waals surface area contributed by atoms with Crippen LogP contribution in [0.3, 0.4) is 0 Å². The monoisotopic (exact) mass is 368 g/mol. The van der Waals surface area contributed by atoms with Gasteiger partial charge in [0.05, 0.1) is 0 Å².